The Labute approximate surface area is 124 Å². The van der Waals surface area contributed by atoms with Gasteiger partial charge in [-0.3, -0.25) is 4.68 Å². The number of nitrogens with two attached hydrogens (primary N) is 1. The van der Waals surface area contributed by atoms with Crippen LogP contribution in [0.2, 0.25) is 0 Å². The topological polar surface area (TPSA) is 119 Å². The number of sulfonamides is 1. The Kier molecular flexibility index (Phi) is 4.14. The van der Waals surface area contributed by atoms with E-state index in [1.165, 1.54) is 8.99 Å². The quantitative estimate of drug-likeness (QED) is 0.723. The zero-order valence-electron chi connectivity index (χ0n) is 12.1. The van der Waals surface area contributed by atoms with E-state index in [1.54, 1.807) is 20.9 Å². The minimum Gasteiger partial charge on any atom is -0.271 e. The average molecular weight is 337 g/mol. The maximum absolute atomic E-state index is 12.7. The van der Waals surface area contributed by atoms with Gasteiger partial charge in [0.15, 0.2) is 0 Å². The third-order valence-electron chi connectivity index (χ3n) is 3.60. The molecule has 0 unspecified atom stereocenters. The van der Waals surface area contributed by atoms with E-state index in [-0.39, 0.29) is 31.1 Å². The molecule has 120 valence electrons. The average Bonchev–Trinajstić information content (AvgIpc) is 2.62. The highest BCUT2D eigenvalue weighted by molar-refractivity contribution is 7.89. The second-order valence-electron chi connectivity index (χ2n) is 4.97. The molecular formula is C10H19N5O4S2. The molecule has 2 heterocycles. The summed E-state index contributed by atoms with van der Waals surface area (Å²) < 4.78 is 51.7. The molecule has 0 atom stereocenters. The van der Waals surface area contributed by atoms with Crippen molar-refractivity contribution < 1.29 is 16.8 Å². The van der Waals surface area contributed by atoms with Gasteiger partial charge in [0.05, 0.1) is 11.4 Å². The minimum absolute atomic E-state index is 0.0520. The van der Waals surface area contributed by atoms with Crippen LogP contribution < -0.4 is 5.14 Å². The normalized spacial score (nSPS) is 19.0. The van der Waals surface area contributed by atoms with Crippen LogP contribution in [0.4, 0.5) is 0 Å². The molecule has 2 rings (SSSR count). The molecule has 1 saturated heterocycles. The highest BCUT2D eigenvalue weighted by atomic mass is 32.2. The van der Waals surface area contributed by atoms with Crippen molar-refractivity contribution in [2.24, 2.45) is 12.2 Å². The standard InChI is InChI=1S/C10H19N5O4S2/c1-8-10(9(2)13(3)12-8)20(16,17)14-4-6-15(7-5-14)21(11,18)19/h4-7H2,1-3H3,(H2,11,18,19). The molecular weight excluding hydrogens is 318 g/mol. The smallest absolute Gasteiger partial charge is 0.271 e. The molecule has 1 fully saturated rings. The van der Waals surface area contributed by atoms with Crippen LogP contribution in [0.1, 0.15) is 11.4 Å². The Morgan fingerprint density at radius 3 is 1.86 bits per heavy atom. The monoisotopic (exact) mass is 337 g/mol. The second kappa shape index (κ2) is 5.32. The third-order valence-corrected chi connectivity index (χ3v) is 6.83. The van der Waals surface area contributed by atoms with Gasteiger partial charge < -0.3 is 0 Å². The number of aromatic nitrogens is 2. The van der Waals surface area contributed by atoms with Crippen LogP contribution in [0.5, 0.6) is 0 Å². The molecule has 11 heteroatoms. The fourth-order valence-electron chi connectivity index (χ4n) is 2.42. The molecule has 2 N–H and O–H groups in total. The van der Waals surface area contributed by atoms with Crippen LogP contribution >= 0.6 is 0 Å². The summed E-state index contributed by atoms with van der Waals surface area (Å²) in [6.07, 6.45) is 0. The van der Waals surface area contributed by atoms with Gasteiger partial charge in [0.2, 0.25) is 10.0 Å². The first-order valence-electron chi connectivity index (χ1n) is 6.33. The fraction of sp³-hybridized carbons (Fsp3) is 0.700. The molecule has 0 saturated carbocycles. The number of aryl methyl sites for hydroxylation is 2. The van der Waals surface area contributed by atoms with Crippen LogP contribution in [0, 0.1) is 13.8 Å². The van der Waals surface area contributed by atoms with E-state index in [0.29, 0.717) is 11.4 Å². The molecule has 9 nitrogen and oxygen atoms in total. The molecule has 0 spiro atoms. The summed E-state index contributed by atoms with van der Waals surface area (Å²) in [6.45, 7) is 3.58. The SMILES string of the molecule is Cc1nn(C)c(C)c1S(=O)(=O)N1CCN(S(N)(=O)=O)CC1. The van der Waals surface area contributed by atoms with Crippen LogP contribution in [-0.4, -0.2) is 61.4 Å². The summed E-state index contributed by atoms with van der Waals surface area (Å²) in [5.74, 6) is 0. The lowest BCUT2D eigenvalue weighted by Gasteiger charge is -2.32. The van der Waals surface area contributed by atoms with Crippen LogP contribution in [0.25, 0.3) is 0 Å². The lowest BCUT2D eigenvalue weighted by atomic mass is 10.4. The fourth-order valence-corrected chi connectivity index (χ4v) is 4.92. The molecule has 1 aromatic heterocycles. The van der Waals surface area contributed by atoms with Crippen molar-refractivity contribution in [1.29, 1.82) is 0 Å². The Bertz CT molecular complexity index is 745. The summed E-state index contributed by atoms with van der Waals surface area (Å²) in [6, 6.07) is 0. The number of nitrogens with zero attached hydrogens (tertiary/aromatic N) is 4. The van der Waals surface area contributed by atoms with E-state index in [1.807, 2.05) is 0 Å². The first kappa shape index (κ1) is 16.4. The maximum atomic E-state index is 12.7. The lowest BCUT2D eigenvalue weighted by molar-refractivity contribution is 0.273. The van der Waals surface area contributed by atoms with Crippen LogP contribution in [0.15, 0.2) is 4.90 Å². The van der Waals surface area contributed by atoms with Gasteiger partial charge in [-0.15, -0.1) is 0 Å². The van der Waals surface area contributed by atoms with Gasteiger partial charge in [-0.25, -0.2) is 13.6 Å². The van der Waals surface area contributed by atoms with Crippen molar-refractivity contribution in [2.75, 3.05) is 26.2 Å². The van der Waals surface area contributed by atoms with Crippen molar-refractivity contribution in [2.45, 2.75) is 18.7 Å². The summed E-state index contributed by atoms with van der Waals surface area (Å²) in [5, 5.41) is 9.15. The minimum atomic E-state index is -3.78. The number of piperazine rings is 1. The molecule has 1 aromatic rings. The molecule has 21 heavy (non-hydrogen) atoms. The molecule has 0 aliphatic carbocycles. The van der Waals surface area contributed by atoms with Gasteiger partial charge in [0, 0.05) is 33.2 Å². The second-order valence-corrected chi connectivity index (χ2v) is 8.39. The van der Waals surface area contributed by atoms with E-state index in [0.717, 1.165) is 4.31 Å². The number of hydrogen-bond donors (Lipinski definition) is 1. The van der Waals surface area contributed by atoms with E-state index in [4.69, 9.17) is 5.14 Å². The van der Waals surface area contributed by atoms with E-state index >= 15 is 0 Å². The van der Waals surface area contributed by atoms with E-state index < -0.39 is 20.2 Å². The number of rotatable bonds is 3. The first-order chi connectivity index (χ1) is 9.55. The summed E-state index contributed by atoms with van der Waals surface area (Å²) >= 11 is 0. The van der Waals surface area contributed by atoms with Crippen molar-refractivity contribution in [1.82, 2.24) is 18.4 Å². The Hall–Kier alpha value is -1.01. The van der Waals surface area contributed by atoms with Crippen molar-refractivity contribution >= 4 is 20.2 Å². The van der Waals surface area contributed by atoms with E-state index in [2.05, 4.69) is 5.10 Å². The lowest BCUT2D eigenvalue weighted by Crippen LogP contribution is -2.52. The number of hydrogen-bond acceptors (Lipinski definition) is 5. The third kappa shape index (κ3) is 2.97. The van der Waals surface area contributed by atoms with Gasteiger partial charge in [-0.2, -0.15) is 22.1 Å². The Morgan fingerprint density at radius 2 is 1.48 bits per heavy atom. The largest absolute Gasteiger partial charge is 0.276 e. The molecule has 0 radical (unpaired) electrons. The van der Waals surface area contributed by atoms with Crippen LogP contribution in [0.3, 0.4) is 0 Å². The highest BCUT2D eigenvalue weighted by Crippen LogP contribution is 2.24. The Morgan fingerprint density at radius 1 is 1.00 bits per heavy atom. The summed E-state index contributed by atoms with van der Waals surface area (Å²) in [4.78, 5) is 0.189. The zero-order valence-corrected chi connectivity index (χ0v) is 13.8. The van der Waals surface area contributed by atoms with Gasteiger partial charge in [-0.05, 0) is 13.8 Å². The highest BCUT2D eigenvalue weighted by Gasteiger charge is 2.34. The van der Waals surface area contributed by atoms with Crippen molar-refractivity contribution in [3.63, 3.8) is 0 Å². The van der Waals surface area contributed by atoms with Gasteiger partial charge in [-0.1, -0.05) is 0 Å². The molecule has 0 bridgehead atoms. The predicted octanol–water partition coefficient (Wildman–Crippen LogP) is -1.45. The van der Waals surface area contributed by atoms with Gasteiger partial charge >= 0.3 is 0 Å². The van der Waals surface area contributed by atoms with Gasteiger partial charge in [0.25, 0.3) is 10.2 Å². The molecule has 1 aliphatic heterocycles. The van der Waals surface area contributed by atoms with Crippen molar-refractivity contribution in [3.8, 4) is 0 Å². The van der Waals surface area contributed by atoms with Crippen LogP contribution in [-0.2, 0) is 27.3 Å². The molecule has 1 aliphatic rings. The summed E-state index contributed by atoms with van der Waals surface area (Å²) in [7, 11) is -5.78. The first-order valence-corrected chi connectivity index (χ1v) is 9.27. The Balaban J connectivity index is 2.27. The van der Waals surface area contributed by atoms with Crippen molar-refractivity contribution in [3.05, 3.63) is 11.4 Å². The van der Waals surface area contributed by atoms with E-state index in [9.17, 15) is 16.8 Å². The summed E-state index contributed by atoms with van der Waals surface area (Å²) in [5.41, 5.74) is 0.991. The zero-order chi connectivity index (χ0) is 16.0. The predicted molar refractivity (Wildman–Crippen MR) is 76.1 cm³/mol. The maximum Gasteiger partial charge on any atom is 0.276 e. The van der Waals surface area contributed by atoms with Gasteiger partial charge in [0.1, 0.15) is 4.90 Å². The molecule has 0 amide bonds. The molecule has 0 aromatic carbocycles.